The summed E-state index contributed by atoms with van der Waals surface area (Å²) in [5.41, 5.74) is -1.44. The lowest BCUT2D eigenvalue weighted by Crippen LogP contribution is -2.41. The molecular formula is C21H27N5O6. The van der Waals surface area contributed by atoms with Crippen molar-refractivity contribution in [3.63, 3.8) is 0 Å². The van der Waals surface area contributed by atoms with Gasteiger partial charge in [-0.1, -0.05) is 27.2 Å². The average Bonchev–Trinajstić information content (AvgIpc) is 3.32. The Balaban J connectivity index is 1.91. The van der Waals surface area contributed by atoms with Gasteiger partial charge in [0.05, 0.1) is 11.6 Å². The van der Waals surface area contributed by atoms with E-state index in [1.807, 2.05) is 13.0 Å². The van der Waals surface area contributed by atoms with Gasteiger partial charge in [0.1, 0.15) is 42.8 Å². The van der Waals surface area contributed by atoms with Gasteiger partial charge in [0.25, 0.3) is 0 Å². The second-order valence-electron chi connectivity index (χ2n) is 8.00. The molecule has 0 aliphatic carbocycles. The number of unbranched alkanes of at least 4 members (excludes halogenated alkanes) is 1. The molecule has 0 saturated carbocycles. The van der Waals surface area contributed by atoms with Gasteiger partial charge in [-0.15, -0.1) is 0 Å². The van der Waals surface area contributed by atoms with Crippen LogP contribution < -0.4 is 5.32 Å². The molecule has 0 bridgehead atoms. The molecule has 172 valence electrons. The molecule has 2 aromatic rings. The second-order valence-corrected chi connectivity index (χ2v) is 8.00. The standard InChI is InChI=1S/C21H27N5O6/c1-4-5-6-16(27)25-19-13-7-8-15(26(13)24-11-23-19)21(10-22)18(29)17(28)14(32-21)9-31-20(30)12(2)3/h7-8,11-12,14,17-18,28-29H,4-6,9H2,1-3H3,(H,23,24,25,27)/t14-,17-,18-,21+/m1/s1. The summed E-state index contributed by atoms with van der Waals surface area (Å²) in [5.74, 6) is -0.828. The average molecular weight is 445 g/mol. The van der Waals surface area contributed by atoms with Crippen LogP contribution in [0.15, 0.2) is 18.5 Å². The minimum Gasteiger partial charge on any atom is -0.463 e. The lowest BCUT2D eigenvalue weighted by Gasteiger charge is -2.24. The van der Waals surface area contributed by atoms with E-state index < -0.39 is 29.9 Å². The second kappa shape index (κ2) is 9.60. The van der Waals surface area contributed by atoms with Gasteiger partial charge in [-0.3, -0.25) is 9.59 Å². The normalized spacial score (nSPS) is 25.1. The highest BCUT2D eigenvalue weighted by Gasteiger charge is 2.57. The third-order valence-electron chi connectivity index (χ3n) is 5.33. The number of amides is 1. The molecule has 0 aromatic carbocycles. The Bertz CT molecular complexity index is 1030. The van der Waals surface area contributed by atoms with Crippen LogP contribution in [0.2, 0.25) is 0 Å². The molecule has 1 saturated heterocycles. The lowest BCUT2D eigenvalue weighted by molar-refractivity contribution is -0.154. The Morgan fingerprint density at radius 3 is 2.81 bits per heavy atom. The number of fused-ring (bicyclic) bond motifs is 1. The molecule has 11 heteroatoms. The number of nitriles is 1. The summed E-state index contributed by atoms with van der Waals surface area (Å²) in [7, 11) is 0. The van der Waals surface area contributed by atoms with Gasteiger partial charge >= 0.3 is 5.97 Å². The van der Waals surface area contributed by atoms with Gasteiger partial charge in [-0.05, 0) is 18.6 Å². The van der Waals surface area contributed by atoms with E-state index in [-0.39, 0.29) is 29.9 Å². The van der Waals surface area contributed by atoms with E-state index in [4.69, 9.17) is 9.47 Å². The van der Waals surface area contributed by atoms with E-state index in [1.165, 1.54) is 16.9 Å². The highest BCUT2D eigenvalue weighted by molar-refractivity contribution is 5.93. The number of aliphatic hydroxyl groups is 2. The van der Waals surface area contributed by atoms with Crippen LogP contribution in [0.5, 0.6) is 0 Å². The summed E-state index contributed by atoms with van der Waals surface area (Å²) < 4.78 is 12.2. The summed E-state index contributed by atoms with van der Waals surface area (Å²) in [6, 6.07) is 5.03. The summed E-state index contributed by atoms with van der Waals surface area (Å²) in [6.45, 7) is 4.98. The summed E-state index contributed by atoms with van der Waals surface area (Å²) in [6.07, 6.45) is -1.08. The zero-order chi connectivity index (χ0) is 23.5. The van der Waals surface area contributed by atoms with Crippen molar-refractivity contribution in [2.75, 3.05) is 11.9 Å². The van der Waals surface area contributed by atoms with Gasteiger partial charge in [0, 0.05) is 6.42 Å². The van der Waals surface area contributed by atoms with E-state index >= 15 is 0 Å². The Hall–Kier alpha value is -3.07. The highest BCUT2D eigenvalue weighted by atomic mass is 16.6. The first kappa shape index (κ1) is 23.6. The zero-order valence-electron chi connectivity index (χ0n) is 18.2. The molecular weight excluding hydrogens is 418 g/mol. The number of nitrogens with one attached hydrogen (secondary N) is 1. The lowest BCUT2D eigenvalue weighted by atomic mass is 9.92. The molecule has 4 atom stereocenters. The molecule has 1 amide bonds. The van der Waals surface area contributed by atoms with Crippen molar-refractivity contribution in [1.29, 1.82) is 5.26 Å². The Kier molecular flexibility index (Phi) is 7.08. The first-order valence-corrected chi connectivity index (χ1v) is 10.5. The van der Waals surface area contributed by atoms with Gasteiger partial charge in [0.15, 0.2) is 5.82 Å². The van der Waals surface area contributed by atoms with Crippen LogP contribution in [-0.4, -0.2) is 61.6 Å². The number of carbonyl (C=O) groups is 2. The van der Waals surface area contributed by atoms with Crippen LogP contribution in [0, 0.1) is 17.2 Å². The summed E-state index contributed by atoms with van der Waals surface area (Å²) >= 11 is 0. The van der Waals surface area contributed by atoms with E-state index in [2.05, 4.69) is 15.4 Å². The number of nitrogens with zero attached hydrogens (tertiary/aromatic N) is 4. The smallest absolute Gasteiger partial charge is 0.308 e. The minimum absolute atomic E-state index is 0.144. The minimum atomic E-state index is -1.97. The maximum absolute atomic E-state index is 12.1. The third kappa shape index (κ3) is 4.29. The van der Waals surface area contributed by atoms with E-state index in [1.54, 1.807) is 19.9 Å². The number of rotatable bonds is 8. The van der Waals surface area contributed by atoms with Crippen molar-refractivity contribution in [1.82, 2.24) is 14.6 Å². The predicted octanol–water partition coefficient (Wildman–Crippen LogP) is 0.897. The van der Waals surface area contributed by atoms with Crippen molar-refractivity contribution < 1.29 is 29.3 Å². The summed E-state index contributed by atoms with van der Waals surface area (Å²) in [5, 5.41) is 38.0. The molecule has 1 aliphatic heterocycles. The topological polar surface area (TPSA) is 159 Å². The van der Waals surface area contributed by atoms with Gasteiger partial charge < -0.3 is 25.0 Å². The maximum Gasteiger partial charge on any atom is 0.308 e. The molecule has 11 nitrogen and oxygen atoms in total. The quantitative estimate of drug-likeness (QED) is 0.502. The number of carbonyl (C=O) groups excluding carboxylic acids is 2. The van der Waals surface area contributed by atoms with Crippen LogP contribution >= 0.6 is 0 Å². The number of hydrogen-bond donors (Lipinski definition) is 3. The zero-order valence-corrected chi connectivity index (χ0v) is 18.2. The molecule has 2 aromatic heterocycles. The van der Waals surface area contributed by atoms with Crippen LogP contribution in [0.4, 0.5) is 5.82 Å². The fourth-order valence-corrected chi connectivity index (χ4v) is 3.49. The number of ether oxygens (including phenoxy) is 2. The van der Waals surface area contributed by atoms with Crippen LogP contribution in [0.1, 0.15) is 45.7 Å². The van der Waals surface area contributed by atoms with E-state index in [9.17, 15) is 25.1 Å². The molecule has 0 radical (unpaired) electrons. The van der Waals surface area contributed by atoms with Crippen molar-refractivity contribution >= 4 is 23.2 Å². The molecule has 1 fully saturated rings. The fraction of sp³-hybridized carbons (Fsp3) is 0.571. The molecule has 3 rings (SSSR count). The number of esters is 1. The first-order valence-electron chi connectivity index (χ1n) is 10.5. The Morgan fingerprint density at radius 1 is 1.41 bits per heavy atom. The van der Waals surface area contributed by atoms with Crippen molar-refractivity contribution in [3.05, 3.63) is 24.2 Å². The van der Waals surface area contributed by atoms with Crippen LogP contribution in [0.25, 0.3) is 5.52 Å². The van der Waals surface area contributed by atoms with Crippen LogP contribution in [-0.2, 0) is 24.7 Å². The first-order chi connectivity index (χ1) is 15.2. The summed E-state index contributed by atoms with van der Waals surface area (Å²) in [4.78, 5) is 28.0. The van der Waals surface area contributed by atoms with Crippen molar-refractivity contribution in [3.8, 4) is 6.07 Å². The van der Waals surface area contributed by atoms with Gasteiger partial charge in [-0.25, -0.2) is 9.50 Å². The Morgan fingerprint density at radius 2 is 2.16 bits per heavy atom. The number of aromatic nitrogens is 3. The monoisotopic (exact) mass is 445 g/mol. The maximum atomic E-state index is 12.1. The van der Waals surface area contributed by atoms with E-state index in [0.29, 0.717) is 11.9 Å². The van der Waals surface area contributed by atoms with E-state index in [0.717, 1.165) is 12.8 Å². The third-order valence-corrected chi connectivity index (χ3v) is 5.33. The molecule has 3 N–H and O–H groups in total. The number of anilines is 1. The fourth-order valence-electron chi connectivity index (χ4n) is 3.49. The molecule has 0 spiro atoms. The Labute approximate surface area is 185 Å². The largest absolute Gasteiger partial charge is 0.463 e. The molecule has 3 heterocycles. The molecule has 1 aliphatic rings. The molecule has 32 heavy (non-hydrogen) atoms. The van der Waals surface area contributed by atoms with Crippen LogP contribution in [0.3, 0.4) is 0 Å². The van der Waals surface area contributed by atoms with Crippen molar-refractivity contribution in [2.24, 2.45) is 5.92 Å². The number of aliphatic hydroxyl groups excluding tert-OH is 2. The highest BCUT2D eigenvalue weighted by Crippen LogP contribution is 2.40. The van der Waals surface area contributed by atoms with Gasteiger partial charge in [0.2, 0.25) is 11.5 Å². The SMILES string of the molecule is CCCCC(=O)Nc1ncnn2c([C@]3(C#N)O[C@H](COC(=O)C(C)C)[C@@H](O)[C@H]3O)ccc12. The molecule has 0 unspecified atom stereocenters. The number of hydrogen-bond acceptors (Lipinski definition) is 9. The predicted molar refractivity (Wildman–Crippen MR) is 111 cm³/mol. The van der Waals surface area contributed by atoms with Gasteiger partial charge in [-0.2, -0.15) is 10.4 Å². The van der Waals surface area contributed by atoms with Crippen molar-refractivity contribution in [2.45, 2.75) is 63.9 Å².